The number of anilines is 1. The van der Waals surface area contributed by atoms with Crippen molar-refractivity contribution in [2.45, 2.75) is 6.92 Å². The van der Waals surface area contributed by atoms with Crippen molar-refractivity contribution < 1.29 is 19.1 Å². The zero-order valence-corrected chi connectivity index (χ0v) is 14.1. The molecule has 1 N–H and O–H groups in total. The number of carbonyl (C=O) groups is 2. The summed E-state index contributed by atoms with van der Waals surface area (Å²) in [4.78, 5) is 22.8. The topological polar surface area (TPSA) is 64.6 Å². The summed E-state index contributed by atoms with van der Waals surface area (Å²) in [6.45, 7) is 2.10. The first-order valence-electron chi connectivity index (χ1n) is 7.03. The highest BCUT2D eigenvalue weighted by atomic mass is 79.9. The third-order valence-corrected chi connectivity index (χ3v) is 3.60. The second-order valence-electron chi connectivity index (χ2n) is 4.57. The summed E-state index contributed by atoms with van der Waals surface area (Å²) in [6.07, 6.45) is 0.728. The molecule has 6 heteroatoms. The Labute approximate surface area is 142 Å². The van der Waals surface area contributed by atoms with Crippen LogP contribution in [-0.4, -0.2) is 25.4 Å². The lowest BCUT2D eigenvalue weighted by atomic mass is 10.2. The van der Waals surface area contributed by atoms with Crippen LogP contribution in [0, 0.1) is 0 Å². The van der Waals surface area contributed by atoms with Crippen molar-refractivity contribution in [3.63, 3.8) is 0 Å². The Balaban J connectivity index is 2.01. The molecule has 0 bridgehead atoms. The highest BCUT2D eigenvalue weighted by Crippen LogP contribution is 2.28. The smallest absolute Gasteiger partial charge is 0.262 e. The Morgan fingerprint density at radius 2 is 1.96 bits per heavy atom. The van der Waals surface area contributed by atoms with E-state index in [4.69, 9.17) is 9.47 Å². The maximum atomic E-state index is 12.0. The molecule has 23 heavy (non-hydrogen) atoms. The van der Waals surface area contributed by atoms with Crippen molar-refractivity contribution in [2.75, 3.05) is 18.5 Å². The minimum Gasteiger partial charge on any atom is -0.490 e. The molecule has 0 saturated heterocycles. The van der Waals surface area contributed by atoms with Gasteiger partial charge in [-0.2, -0.15) is 0 Å². The van der Waals surface area contributed by atoms with E-state index in [1.54, 1.807) is 24.3 Å². The molecule has 0 spiro atoms. The number of nitrogens with one attached hydrogen (secondary N) is 1. The zero-order valence-electron chi connectivity index (χ0n) is 12.5. The van der Waals surface area contributed by atoms with Crippen molar-refractivity contribution in [2.24, 2.45) is 0 Å². The lowest BCUT2D eigenvalue weighted by Crippen LogP contribution is -2.20. The average molecular weight is 378 g/mol. The van der Waals surface area contributed by atoms with Crippen LogP contribution in [0.25, 0.3) is 0 Å². The van der Waals surface area contributed by atoms with E-state index >= 15 is 0 Å². The van der Waals surface area contributed by atoms with Gasteiger partial charge in [0, 0.05) is 10.0 Å². The lowest BCUT2D eigenvalue weighted by molar-refractivity contribution is -0.118. The molecule has 0 atom stereocenters. The maximum Gasteiger partial charge on any atom is 0.262 e. The highest BCUT2D eigenvalue weighted by Gasteiger charge is 2.10. The van der Waals surface area contributed by atoms with Crippen molar-refractivity contribution in [3.05, 3.63) is 52.5 Å². The zero-order chi connectivity index (χ0) is 16.7. The average Bonchev–Trinajstić information content (AvgIpc) is 2.56. The van der Waals surface area contributed by atoms with Gasteiger partial charge in [-0.15, -0.1) is 0 Å². The van der Waals surface area contributed by atoms with Gasteiger partial charge in [-0.3, -0.25) is 9.59 Å². The molecule has 0 aromatic heterocycles. The molecule has 0 fully saturated rings. The molecule has 1 amide bonds. The van der Waals surface area contributed by atoms with Crippen LogP contribution in [0.5, 0.6) is 11.5 Å². The monoisotopic (exact) mass is 377 g/mol. The molecule has 0 saturated carbocycles. The van der Waals surface area contributed by atoms with Crippen LogP contribution < -0.4 is 14.8 Å². The molecule has 0 unspecified atom stereocenters. The molecule has 0 aliphatic rings. The van der Waals surface area contributed by atoms with Gasteiger partial charge < -0.3 is 14.8 Å². The van der Waals surface area contributed by atoms with E-state index in [0.29, 0.717) is 29.4 Å². The van der Waals surface area contributed by atoms with Crippen LogP contribution in [0.1, 0.15) is 17.3 Å². The molecule has 2 aromatic rings. The number of aldehydes is 1. The highest BCUT2D eigenvalue weighted by molar-refractivity contribution is 9.10. The molecular formula is C17H16BrNO4. The number of hydrogen-bond acceptors (Lipinski definition) is 4. The molecule has 0 aliphatic carbocycles. The third kappa shape index (κ3) is 4.82. The van der Waals surface area contributed by atoms with E-state index in [1.807, 2.05) is 25.1 Å². The predicted octanol–water partition coefficient (Wildman–Crippen LogP) is 3.68. The summed E-state index contributed by atoms with van der Waals surface area (Å²) in [5, 5.41) is 2.75. The summed E-state index contributed by atoms with van der Waals surface area (Å²) in [6, 6.07) is 12.1. The van der Waals surface area contributed by atoms with E-state index in [9.17, 15) is 9.59 Å². The van der Waals surface area contributed by atoms with Crippen LogP contribution in [0.2, 0.25) is 0 Å². The molecule has 0 aliphatic heterocycles. The van der Waals surface area contributed by atoms with Gasteiger partial charge in [-0.25, -0.2) is 0 Å². The van der Waals surface area contributed by atoms with Gasteiger partial charge in [-0.05, 0) is 53.2 Å². The number of halogens is 1. The standard InChI is InChI=1S/C17H16BrNO4/c1-2-22-16-9-12(10-20)7-8-15(16)23-11-17(21)19-14-6-4-3-5-13(14)18/h3-10H,2,11H2,1H3,(H,19,21). The van der Waals surface area contributed by atoms with Gasteiger partial charge in [-0.1, -0.05) is 12.1 Å². The largest absolute Gasteiger partial charge is 0.490 e. The fraction of sp³-hybridized carbons (Fsp3) is 0.176. The van der Waals surface area contributed by atoms with Crippen molar-refractivity contribution in [1.82, 2.24) is 0 Å². The summed E-state index contributed by atoms with van der Waals surface area (Å²) in [7, 11) is 0. The molecule has 0 heterocycles. The van der Waals surface area contributed by atoms with Gasteiger partial charge in [0.1, 0.15) is 6.29 Å². The minimum atomic E-state index is -0.293. The Kier molecular flexibility index (Phi) is 6.17. The number of ether oxygens (including phenoxy) is 2. The number of hydrogen-bond donors (Lipinski definition) is 1. The first-order valence-corrected chi connectivity index (χ1v) is 7.82. The number of para-hydroxylation sites is 1. The van der Waals surface area contributed by atoms with Gasteiger partial charge >= 0.3 is 0 Å². The van der Waals surface area contributed by atoms with E-state index in [-0.39, 0.29) is 12.5 Å². The lowest BCUT2D eigenvalue weighted by Gasteiger charge is -2.12. The molecule has 2 rings (SSSR count). The van der Waals surface area contributed by atoms with E-state index < -0.39 is 0 Å². The molecule has 5 nitrogen and oxygen atoms in total. The van der Waals surface area contributed by atoms with E-state index in [2.05, 4.69) is 21.2 Å². The predicted molar refractivity (Wildman–Crippen MR) is 91.3 cm³/mol. The first-order chi connectivity index (χ1) is 11.1. The van der Waals surface area contributed by atoms with Gasteiger partial charge in [0.05, 0.1) is 12.3 Å². The number of benzene rings is 2. The summed E-state index contributed by atoms with van der Waals surface area (Å²) in [5.74, 6) is 0.560. The van der Waals surface area contributed by atoms with Crippen LogP contribution in [0.4, 0.5) is 5.69 Å². The maximum absolute atomic E-state index is 12.0. The van der Waals surface area contributed by atoms with Gasteiger partial charge in [0.2, 0.25) is 0 Å². The Morgan fingerprint density at radius 1 is 1.17 bits per heavy atom. The molecule has 0 radical (unpaired) electrons. The van der Waals surface area contributed by atoms with E-state index in [1.165, 1.54) is 0 Å². The normalized spacial score (nSPS) is 10.0. The van der Waals surface area contributed by atoms with Crippen LogP contribution >= 0.6 is 15.9 Å². The van der Waals surface area contributed by atoms with Gasteiger partial charge in [0.15, 0.2) is 18.1 Å². The Morgan fingerprint density at radius 3 is 2.65 bits per heavy atom. The molecular weight excluding hydrogens is 362 g/mol. The van der Waals surface area contributed by atoms with Crippen molar-refractivity contribution in [1.29, 1.82) is 0 Å². The third-order valence-electron chi connectivity index (χ3n) is 2.91. The van der Waals surface area contributed by atoms with E-state index in [0.717, 1.165) is 10.8 Å². The second-order valence-corrected chi connectivity index (χ2v) is 5.43. The first kappa shape index (κ1) is 17.0. The van der Waals surface area contributed by atoms with Crippen LogP contribution in [-0.2, 0) is 4.79 Å². The molecule has 2 aromatic carbocycles. The van der Waals surface area contributed by atoms with Crippen LogP contribution in [0.15, 0.2) is 46.9 Å². The number of carbonyl (C=O) groups excluding carboxylic acids is 2. The fourth-order valence-corrected chi connectivity index (χ4v) is 2.26. The second kappa shape index (κ2) is 8.33. The number of amides is 1. The van der Waals surface area contributed by atoms with Crippen molar-refractivity contribution in [3.8, 4) is 11.5 Å². The summed E-state index contributed by atoms with van der Waals surface area (Å²) >= 11 is 3.36. The minimum absolute atomic E-state index is 0.165. The van der Waals surface area contributed by atoms with Gasteiger partial charge in [0.25, 0.3) is 5.91 Å². The molecule has 120 valence electrons. The Bertz CT molecular complexity index is 703. The fourth-order valence-electron chi connectivity index (χ4n) is 1.88. The SMILES string of the molecule is CCOc1cc(C=O)ccc1OCC(=O)Nc1ccccc1Br. The number of rotatable bonds is 7. The summed E-state index contributed by atoms with van der Waals surface area (Å²) < 4.78 is 11.7. The van der Waals surface area contributed by atoms with Crippen LogP contribution in [0.3, 0.4) is 0 Å². The quantitative estimate of drug-likeness (QED) is 0.747. The summed E-state index contributed by atoms with van der Waals surface area (Å²) in [5.41, 5.74) is 1.15. The Hall–Kier alpha value is -2.34. The van der Waals surface area contributed by atoms with Crippen molar-refractivity contribution >= 4 is 33.8 Å².